The standard InChI is InChI=1S/C22H23N3O4S/c1-25(14-22(27)24-20-8-4-6-15-5-2-3-7-18(15)20)30(28,29)17-10-11-19-16(13-17)9-12-21(26)23-19/h2-3,5,7,9-13,20H,4,6,8,14H2,1H3,(H,23,26)(H,24,27)/t20-/m1/s1. The highest BCUT2D eigenvalue weighted by atomic mass is 32.2. The first kappa shape index (κ1) is 20.3. The normalized spacial score (nSPS) is 16.4. The number of carbonyl (C=O) groups is 1. The molecule has 1 heterocycles. The van der Waals surface area contributed by atoms with Crippen LogP contribution in [0.25, 0.3) is 10.9 Å². The summed E-state index contributed by atoms with van der Waals surface area (Å²) in [5.74, 6) is -0.340. The SMILES string of the molecule is CN(CC(=O)N[C@@H]1CCCc2ccccc21)S(=O)(=O)c1ccc2[nH]c(=O)ccc2c1. The van der Waals surface area contributed by atoms with Crippen LogP contribution in [0.2, 0.25) is 0 Å². The molecule has 1 atom stereocenters. The van der Waals surface area contributed by atoms with E-state index in [1.165, 1.54) is 30.8 Å². The molecule has 0 saturated heterocycles. The van der Waals surface area contributed by atoms with Crippen molar-refractivity contribution >= 4 is 26.8 Å². The molecule has 3 aromatic rings. The summed E-state index contributed by atoms with van der Waals surface area (Å²) < 4.78 is 26.9. The number of rotatable bonds is 5. The van der Waals surface area contributed by atoms with Crippen molar-refractivity contribution in [3.05, 3.63) is 76.1 Å². The van der Waals surface area contributed by atoms with Crippen molar-refractivity contribution < 1.29 is 13.2 Å². The van der Waals surface area contributed by atoms with Gasteiger partial charge in [0.1, 0.15) is 0 Å². The van der Waals surface area contributed by atoms with Gasteiger partial charge in [0.25, 0.3) is 0 Å². The van der Waals surface area contributed by atoms with Gasteiger partial charge in [-0.25, -0.2) is 8.42 Å². The Morgan fingerprint density at radius 1 is 1.17 bits per heavy atom. The Morgan fingerprint density at radius 2 is 1.97 bits per heavy atom. The zero-order valence-corrected chi connectivity index (χ0v) is 17.4. The first-order valence-corrected chi connectivity index (χ1v) is 11.3. The van der Waals surface area contributed by atoms with E-state index in [9.17, 15) is 18.0 Å². The van der Waals surface area contributed by atoms with E-state index in [-0.39, 0.29) is 28.9 Å². The number of likely N-dealkylation sites (N-methyl/N-ethyl adjacent to an activating group) is 1. The summed E-state index contributed by atoms with van der Waals surface area (Å²) in [6.45, 7) is -0.273. The molecule has 1 aliphatic rings. The second-order valence-electron chi connectivity index (χ2n) is 7.54. The van der Waals surface area contributed by atoms with Crippen LogP contribution in [0.1, 0.15) is 30.0 Å². The number of H-pyrrole nitrogens is 1. The highest BCUT2D eigenvalue weighted by Crippen LogP contribution is 2.29. The minimum absolute atomic E-state index is 0.0698. The zero-order valence-electron chi connectivity index (χ0n) is 16.6. The van der Waals surface area contributed by atoms with E-state index >= 15 is 0 Å². The number of aryl methyl sites for hydroxylation is 1. The van der Waals surface area contributed by atoms with Gasteiger partial charge >= 0.3 is 0 Å². The van der Waals surface area contributed by atoms with Crippen molar-refractivity contribution in [2.75, 3.05) is 13.6 Å². The van der Waals surface area contributed by atoms with Gasteiger partial charge in [-0.2, -0.15) is 4.31 Å². The highest BCUT2D eigenvalue weighted by Gasteiger charge is 2.26. The van der Waals surface area contributed by atoms with Gasteiger partial charge in [0.05, 0.1) is 17.5 Å². The van der Waals surface area contributed by atoms with E-state index in [0.717, 1.165) is 29.1 Å². The Hall–Kier alpha value is -2.97. The molecular weight excluding hydrogens is 402 g/mol. The van der Waals surface area contributed by atoms with Gasteiger partial charge in [-0.05, 0) is 60.0 Å². The summed E-state index contributed by atoms with van der Waals surface area (Å²) in [6, 6.07) is 15.3. The van der Waals surface area contributed by atoms with Crippen LogP contribution >= 0.6 is 0 Å². The second kappa shape index (κ2) is 8.04. The lowest BCUT2D eigenvalue weighted by Gasteiger charge is -2.27. The van der Waals surface area contributed by atoms with Gasteiger partial charge in [0.15, 0.2) is 0 Å². The van der Waals surface area contributed by atoms with E-state index in [1.807, 2.05) is 18.2 Å². The number of aromatic amines is 1. The molecule has 0 radical (unpaired) electrons. The summed E-state index contributed by atoms with van der Waals surface area (Å²) in [7, 11) is -2.47. The van der Waals surface area contributed by atoms with Crippen LogP contribution in [-0.4, -0.2) is 37.2 Å². The number of nitrogens with one attached hydrogen (secondary N) is 2. The van der Waals surface area contributed by atoms with Crippen molar-refractivity contribution in [2.45, 2.75) is 30.2 Å². The molecule has 156 valence electrons. The van der Waals surface area contributed by atoms with Crippen molar-refractivity contribution in [1.29, 1.82) is 0 Å². The third-order valence-electron chi connectivity index (χ3n) is 5.47. The van der Waals surface area contributed by atoms with Crippen LogP contribution in [0.15, 0.2) is 64.3 Å². The lowest BCUT2D eigenvalue weighted by molar-refractivity contribution is -0.122. The largest absolute Gasteiger partial charge is 0.348 e. The number of benzene rings is 2. The van der Waals surface area contributed by atoms with Gasteiger partial charge < -0.3 is 10.3 Å². The minimum Gasteiger partial charge on any atom is -0.348 e. The van der Waals surface area contributed by atoms with Crippen molar-refractivity contribution in [2.24, 2.45) is 0 Å². The number of hydrogen-bond donors (Lipinski definition) is 2. The molecule has 0 bridgehead atoms. The Bertz CT molecular complexity index is 1270. The molecule has 1 aliphatic carbocycles. The van der Waals surface area contributed by atoms with Crippen LogP contribution in [0.3, 0.4) is 0 Å². The summed E-state index contributed by atoms with van der Waals surface area (Å²) in [5.41, 5.74) is 2.63. The maximum Gasteiger partial charge on any atom is 0.248 e. The molecule has 2 N–H and O–H groups in total. The zero-order chi connectivity index (χ0) is 21.3. The molecule has 8 heteroatoms. The molecule has 2 aromatic carbocycles. The second-order valence-corrected chi connectivity index (χ2v) is 9.59. The van der Waals surface area contributed by atoms with E-state index in [2.05, 4.69) is 16.4 Å². The number of pyridine rings is 1. The third kappa shape index (κ3) is 4.01. The summed E-state index contributed by atoms with van der Waals surface area (Å²) in [5, 5.41) is 3.58. The molecule has 4 rings (SSSR count). The van der Waals surface area contributed by atoms with Gasteiger partial charge in [-0.3, -0.25) is 9.59 Å². The molecule has 0 aliphatic heterocycles. The number of sulfonamides is 1. The first-order chi connectivity index (χ1) is 14.3. The first-order valence-electron chi connectivity index (χ1n) is 9.81. The summed E-state index contributed by atoms with van der Waals surface area (Å²) in [4.78, 5) is 26.7. The Labute approximate surface area is 174 Å². The minimum atomic E-state index is -3.86. The molecule has 0 unspecified atom stereocenters. The van der Waals surface area contributed by atoms with Gasteiger partial charge in [-0.15, -0.1) is 0 Å². The van der Waals surface area contributed by atoms with Crippen molar-refractivity contribution in [3.8, 4) is 0 Å². The van der Waals surface area contributed by atoms with E-state index in [4.69, 9.17) is 0 Å². The number of nitrogens with zero attached hydrogens (tertiary/aromatic N) is 1. The maximum atomic E-state index is 12.9. The topological polar surface area (TPSA) is 99.3 Å². The molecule has 1 aromatic heterocycles. The van der Waals surface area contributed by atoms with E-state index in [1.54, 1.807) is 12.1 Å². The Morgan fingerprint density at radius 3 is 2.80 bits per heavy atom. The number of carbonyl (C=O) groups excluding carboxylic acids is 1. The van der Waals surface area contributed by atoms with E-state index in [0.29, 0.717) is 10.9 Å². The monoisotopic (exact) mass is 425 g/mol. The fourth-order valence-electron chi connectivity index (χ4n) is 3.90. The molecular formula is C22H23N3O4S. The van der Waals surface area contributed by atoms with Gasteiger partial charge in [0.2, 0.25) is 21.5 Å². The van der Waals surface area contributed by atoms with Crippen molar-refractivity contribution in [3.63, 3.8) is 0 Å². The van der Waals surface area contributed by atoms with Crippen LogP contribution in [0, 0.1) is 0 Å². The van der Waals surface area contributed by atoms with Gasteiger partial charge in [0, 0.05) is 18.6 Å². The predicted octanol–water partition coefficient (Wildman–Crippen LogP) is 2.34. The number of amides is 1. The average Bonchev–Trinajstić information content (AvgIpc) is 2.73. The average molecular weight is 426 g/mol. The molecule has 1 amide bonds. The molecule has 7 nitrogen and oxygen atoms in total. The molecule has 0 saturated carbocycles. The van der Waals surface area contributed by atoms with Crippen LogP contribution in [0.4, 0.5) is 0 Å². The van der Waals surface area contributed by atoms with Crippen molar-refractivity contribution in [1.82, 2.24) is 14.6 Å². The number of hydrogen-bond acceptors (Lipinski definition) is 4. The van der Waals surface area contributed by atoms with E-state index < -0.39 is 10.0 Å². The molecule has 0 spiro atoms. The fourth-order valence-corrected chi connectivity index (χ4v) is 5.07. The van der Waals surface area contributed by atoms with Crippen LogP contribution in [-0.2, 0) is 21.2 Å². The lowest BCUT2D eigenvalue weighted by Crippen LogP contribution is -2.40. The number of aromatic nitrogens is 1. The Kier molecular flexibility index (Phi) is 5.44. The summed E-state index contributed by atoms with van der Waals surface area (Å²) >= 11 is 0. The maximum absolute atomic E-state index is 12.9. The van der Waals surface area contributed by atoms with Gasteiger partial charge in [-0.1, -0.05) is 24.3 Å². The predicted molar refractivity (Wildman–Crippen MR) is 115 cm³/mol. The quantitative estimate of drug-likeness (QED) is 0.655. The fraction of sp³-hybridized carbons (Fsp3) is 0.273. The Balaban J connectivity index is 1.49. The number of fused-ring (bicyclic) bond motifs is 2. The smallest absolute Gasteiger partial charge is 0.248 e. The summed E-state index contributed by atoms with van der Waals surface area (Å²) in [6.07, 6.45) is 2.81. The molecule has 30 heavy (non-hydrogen) atoms. The molecule has 0 fully saturated rings. The lowest BCUT2D eigenvalue weighted by atomic mass is 9.88. The van der Waals surface area contributed by atoms with Crippen LogP contribution in [0.5, 0.6) is 0 Å². The van der Waals surface area contributed by atoms with Crippen LogP contribution < -0.4 is 10.9 Å². The third-order valence-corrected chi connectivity index (χ3v) is 7.27. The highest BCUT2D eigenvalue weighted by molar-refractivity contribution is 7.89.